The highest BCUT2D eigenvalue weighted by atomic mass is 16.5. The van der Waals surface area contributed by atoms with Gasteiger partial charge in [0, 0.05) is 12.5 Å². The minimum absolute atomic E-state index is 0.272. The second-order valence-electron chi connectivity index (χ2n) is 6.17. The van der Waals surface area contributed by atoms with Gasteiger partial charge >= 0.3 is 0 Å². The molecule has 21 heavy (non-hydrogen) atoms. The molecule has 3 nitrogen and oxygen atoms in total. The van der Waals surface area contributed by atoms with Crippen LogP contribution in [0.25, 0.3) is 0 Å². The van der Waals surface area contributed by atoms with Gasteiger partial charge in [-0.15, -0.1) is 0 Å². The topological polar surface area (TPSA) is 29.5 Å². The Morgan fingerprint density at radius 1 is 1.14 bits per heavy atom. The Hall–Kier alpha value is -1.51. The van der Waals surface area contributed by atoms with Crippen molar-refractivity contribution in [3.63, 3.8) is 0 Å². The van der Waals surface area contributed by atoms with Crippen LogP contribution >= 0.6 is 0 Å². The molecule has 0 N–H and O–H groups in total. The van der Waals surface area contributed by atoms with Gasteiger partial charge in [-0.3, -0.25) is 4.79 Å². The third-order valence-corrected chi connectivity index (χ3v) is 4.82. The molecule has 3 heteroatoms. The van der Waals surface area contributed by atoms with Crippen LogP contribution in [-0.2, 0) is 4.79 Å². The van der Waals surface area contributed by atoms with Crippen molar-refractivity contribution >= 4 is 5.91 Å². The van der Waals surface area contributed by atoms with Gasteiger partial charge in [0.15, 0.2) is 0 Å². The maximum atomic E-state index is 12.7. The Balaban J connectivity index is 1.72. The van der Waals surface area contributed by atoms with E-state index in [4.69, 9.17) is 4.74 Å². The average Bonchev–Trinajstić information content (AvgIpc) is 3.19. The van der Waals surface area contributed by atoms with E-state index in [1.54, 1.807) is 0 Å². The number of hydrogen-bond acceptors (Lipinski definition) is 2. The minimum Gasteiger partial charge on any atom is -0.494 e. The zero-order valence-electron chi connectivity index (χ0n) is 12.9. The summed E-state index contributed by atoms with van der Waals surface area (Å²) in [4.78, 5) is 14.8. The summed E-state index contributed by atoms with van der Waals surface area (Å²) in [5, 5.41) is 0. The maximum Gasteiger partial charge on any atom is 0.226 e. The first-order chi connectivity index (χ1) is 10.3. The van der Waals surface area contributed by atoms with Crippen LogP contribution in [0.15, 0.2) is 24.3 Å². The van der Waals surface area contributed by atoms with E-state index in [1.807, 2.05) is 19.1 Å². The van der Waals surface area contributed by atoms with Crippen LogP contribution in [0.2, 0.25) is 0 Å². The van der Waals surface area contributed by atoms with E-state index < -0.39 is 0 Å². The second-order valence-corrected chi connectivity index (χ2v) is 6.17. The number of carbonyl (C=O) groups is 1. The zero-order valence-corrected chi connectivity index (χ0v) is 12.9. The molecule has 114 valence electrons. The summed E-state index contributed by atoms with van der Waals surface area (Å²) >= 11 is 0. The smallest absolute Gasteiger partial charge is 0.226 e. The van der Waals surface area contributed by atoms with Gasteiger partial charge in [-0.1, -0.05) is 25.0 Å². The highest BCUT2D eigenvalue weighted by Gasteiger charge is 2.34. The second kappa shape index (κ2) is 6.50. The molecule has 0 bridgehead atoms. The maximum absolute atomic E-state index is 12.7. The molecule has 3 rings (SSSR count). The fraction of sp³-hybridized carbons (Fsp3) is 0.611. The minimum atomic E-state index is 0.272. The summed E-state index contributed by atoms with van der Waals surface area (Å²) in [6, 6.07) is 8.56. The first-order valence-electron chi connectivity index (χ1n) is 8.33. The van der Waals surface area contributed by atoms with Crippen LogP contribution in [0, 0.1) is 5.92 Å². The summed E-state index contributed by atoms with van der Waals surface area (Å²) in [5.41, 5.74) is 1.25. The van der Waals surface area contributed by atoms with Crippen LogP contribution in [0.1, 0.15) is 57.1 Å². The monoisotopic (exact) mass is 287 g/mol. The molecule has 2 fully saturated rings. The SMILES string of the molecule is CCOc1ccc([C@@H]2CCCN2C(=O)C2CCCC2)cc1. The molecule has 0 aromatic heterocycles. The van der Waals surface area contributed by atoms with Crippen molar-refractivity contribution in [3.8, 4) is 5.75 Å². The summed E-state index contributed by atoms with van der Waals surface area (Å²) in [5.74, 6) is 1.59. The first-order valence-corrected chi connectivity index (χ1v) is 8.33. The molecule has 0 radical (unpaired) electrons. The molecular weight excluding hydrogens is 262 g/mol. The van der Waals surface area contributed by atoms with Crippen molar-refractivity contribution in [2.45, 2.75) is 51.5 Å². The predicted octanol–water partition coefficient (Wildman–Crippen LogP) is 3.94. The molecule has 1 saturated carbocycles. The van der Waals surface area contributed by atoms with Gasteiger partial charge in [-0.2, -0.15) is 0 Å². The molecule has 1 saturated heterocycles. The Labute approximate surface area is 127 Å². The summed E-state index contributed by atoms with van der Waals surface area (Å²) in [6.07, 6.45) is 6.83. The lowest BCUT2D eigenvalue weighted by Crippen LogP contribution is -2.34. The number of likely N-dealkylation sites (tertiary alicyclic amines) is 1. The van der Waals surface area contributed by atoms with E-state index in [9.17, 15) is 4.79 Å². The number of carbonyl (C=O) groups excluding carboxylic acids is 1. The van der Waals surface area contributed by atoms with Gasteiger partial charge in [0.05, 0.1) is 12.6 Å². The number of rotatable bonds is 4. The molecule has 1 atom stereocenters. The highest BCUT2D eigenvalue weighted by molar-refractivity contribution is 5.80. The molecule has 0 unspecified atom stereocenters. The average molecular weight is 287 g/mol. The number of amides is 1. The van der Waals surface area contributed by atoms with Crippen molar-refractivity contribution in [2.24, 2.45) is 5.92 Å². The quantitative estimate of drug-likeness (QED) is 0.839. The van der Waals surface area contributed by atoms with E-state index in [0.717, 1.165) is 38.0 Å². The fourth-order valence-corrected chi connectivity index (χ4v) is 3.74. The molecule has 1 aromatic carbocycles. The third kappa shape index (κ3) is 3.07. The van der Waals surface area contributed by atoms with Crippen molar-refractivity contribution in [1.29, 1.82) is 0 Å². The molecular formula is C18H25NO2. The normalized spacial score (nSPS) is 22.7. The summed E-state index contributed by atoms with van der Waals surface area (Å²) in [6.45, 7) is 3.61. The zero-order chi connectivity index (χ0) is 14.7. The van der Waals surface area contributed by atoms with E-state index in [0.29, 0.717) is 12.5 Å². The number of nitrogens with zero attached hydrogens (tertiary/aromatic N) is 1. The predicted molar refractivity (Wildman–Crippen MR) is 83.3 cm³/mol. The molecule has 1 aromatic rings. The number of benzene rings is 1. The van der Waals surface area contributed by atoms with E-state index in [-0.39, 0.29) is 12.0 Å². The molecule has 1 heterocycles. The summed E-state index contributed by atoms with van der Waals surface area (Å²) in [7, 11) is 0. The van der Waals surface area contributed by atoms with Crippen LogP contribution in [0.3, 0.4) is 0 Å². The lowest BCUT2D eigenvalue weighted by molar-refractivity contribution is -0.136. The fourth-order valence-electron chi connectivity index (χ4n) is 3.74. The van der Waals surface area contributed by atoms with Crippen molar-refractivity contribution in [2.75, 3.05) is 13.2 Å². The number of ether oxygens (including phenoxy) is 1. The Bertz CT molecular complexity index is 476. The van der Waals surface area contributed by atoms with Gasteiger partial charge in [0.25, 0.3) is 0 Å². The van der Waals surface area contributed by atoms with E-state index in [1.165, 1.54) is 18.4 Å². The highest BCUT2D eigenvalue weighted by Crippen LogP contribution is 2.36. The largest absolute Gasteiger partial charge is 0.494 e. The van der Waals surface area contributed by atoms with Crippen LogP contribution in [-0.4, -0.2) is 24.0 Å². The van der Waals surface area contributed by atoms with Crippen LogP contribution in [0.5, 0.6) is 5.75 Å². The Morgan fingerprint density at radius 3 is 2.52 bits per heavy atom. The Kier molecular flexibility index (Phi) is 4.47. The standard InChI is InChI=1S/C18H25NO2/c1-2-21-16-11-9-14(10-12-16)17-8-5-13-19(17)18(20)15-6-3-4-7-15/h9-12,15,17H,2-8,13H2,1H3/t17-/m0/s1. The lowest BCUT2D eigenvalue weighted by Gasteiger charge is -2.28. The van der Waals surface area contributed by atoms with Crippen molar-refractivity contribution < 1.29 is 9.53 Å². The van der Waals surface area contributed by atoms with Gasteiger partial charge in [0.2, 0.25) is 5.91 Å². The van der Waals surface area contributed by atoms with Crippen LogP contribution in [0.4, 0.5) is 0 Å². The summed E-state index contributed by atoms with van der Waals surface area (Å²) < 4.78 is 5.50. The first kappa shape index (κ1) is 14.4. The van der Waals surface area contributed by atoms with Gasteiger partial charge in [0.1, 0.15) is 5.75 Å². The van der Waals surface area contributed by atoms with Gasteiger partial charge < -0.3 is 9.64 Å². The van der Waals surface area contributed by atoms with Gasteiger partial charge in [-0.25, -0.2) is 0 Å². The Morgan fingerprint density at radius 2 is 1.86 bits per heavy atom. The van der Waals surface area contributed by atoms with E-state index >= 15 is 0 Å². The molecule has 1 aliphatic carbocycles. The van der Waals surface area contributed by atoms with Crippen LogP contribution < -0.4 is 4.74 Å². The molecule has 0 spiro atoms. The molecule has 1 aliphatic heterocycles. The molecule has 1 amide bonds. The number of hydrogen-bond donors (Lipinski definition) is 0. The van der Waals surface area contributed by atoms with Crippen molar-refractivity contribution in [3.05, 3.63) is 29.8 Å². The van der Waals surface area contributed by atoms with E-state index in [2.05, 4.69) is 17.0 Å². The van der Waals surface area contributed by atoms with Gasteiger partial charge in [-0.05, 0) is 50.3 Å². The lowest BCUT2D eigenvalue weighted by atomic mass is 10.0. The van der Waals surface area contributed by atoms with Crippen molar-refractivity contribution in [1.82, 2.24) is 4.90 Å². The third-order valence-electron chi connectivity index (χ3n) is 4.82. The molecule has 2 aliphatic rings.